The lowest BCUT2D eigenvalue weighted by Gasteiger charge is -2.36. The highest BCUT2D eigenvalue weighted by molar-refractivity contribution is 6.09. The number of amides is 3. The minimum absolute atomic E-state index is 0.0503. The van der Waals surface area contributed by atoms with E-state index in [1.807, 2.05) is 12.1 Å². The second-order valence-electron chi connectivity index (χ2n) is 6.53. The molecule has 8 nitrogen and oxygen atoms in total. The molecule has 0 spiro atoms. The highest BCUT2D eigenvalue weighted by Crippen LogP contribution is 2.36. The minimum Gasteiger partial charge on any atom is -0.489 e. The first kappa shape index (κ1) is 17.8. The van der Waals surface area contributed by atoms with Crippen molar-refractivity contribution in [2.75, 3.05) is 30.5 Å². The molecular formula is C20H19N3O5. The molecule has 8 heteroatoms. The molecule has 1 atom stereocenters. The molecule has 28 heavy (non-hydrogen) atoms. The Morgan fingerprint density at radius 3 is 2.82 bits per heavy atom. The topological polar surface area (TPSA) is 97.0 Å². The van der Waals surface area contributed by atoms with Crippen molar-refractivity contribution in [2.45, 2.75) is 12.5 Å². The summed E-state index contributed by atoms with van der Waals surface area (Å²) in [5.74, 6) is 0.356. The van der Waals surface area contributed by atoms with Crippen LogP contribution in [0.25, 0.3) is 0 Å². The van der Waals surface area contributed by atoms with Crippen molar-refractivity contribution in [3.05, 3.63) is 48.0 Å². The van der Waals surface area contributed by atoms with Crippen LogP contribution in [0.15, 0.2) is 42.5 Å². The Bertz CT molecular complexity index is 959. The molecule has 0 radical (unpaired) electrons. The maximum atomic E-state index is 13.4. The fourth-order valence-electron chi connectivity index (χ4n) is 3.33. The summed E-state index contributed by atoms with van der Waals surface area (Å²) in [6.07, 6.45) is 0.112. The first-order valence-electron chi connectivity index (χ1n) is 8.89. The van der Waals surface area contributed by atoms with Crippen molar-refractivity contribution in [2.24, 2.45) is 0 Å². The van der Waals surface area contributed by atoms with E-state index in [1.54, 1.807) is 42.3 Å². The number of benzene rings is 2. The summed E-state index contributed by atoms with van der Waals surface area (Å²) in [4.78, 5) is 38.5. The van der Waals surface area contributed by atoms with Crippen LogP contribution in [0.4, 0.5) is 11.4 Å². The van der Waals surface area contributed by atoms with Crippen molar-refractivity contribution in [3.8, 4) is 11.5 Å². The summed E-state index contributed by atoms with van der Waals surface area (Å²) in [5.41, 5.74) is 1.43. The summed E-state index contributed by atoms with van der Waals surface area (Å²) in [6, 6.07) is 11.6. The second-order valence-corrected chi connectivity index (χ2v) is 6.53. The van der Waals surface area contributed by atoms with Gasteiger partial charge in [-0.25, -0.2) is 0 Å². The first-order chi connectivity index (χ1) is 13.6. The van der Waals surface area contributed by atoms with Gasteiger partial charge in [0, 0.05) is 12.6 Å². The van der Waals surface area contributed by atoms with Gasteiger partial charge in [-0.2, -0.15) is 0 Å². The Hall–Kier alpha value is -3.55. The van der Waals surface area contributed by atoms with Gasteiger partial charge in [0.2, 0.25) is 5.91 Å². The highest BCUT2D eigenvalue weighted by atomic mass is 16.5. The number of fused-ring (bicyclic) bond motifs is 2. The average molecular weight is 381 g/mol. The number of carbonyl (C=O) groups is 3. The Morgan fingerprint density at radius 2 is 2.00 bits per heavy atom. The van der Waals surface area contributed by atoms with Gasteiger partial charge in [-0.15, -0.1) is 0 Å². The summed E-state index contributed by atoms with van der Waals surface area (Å²) in [5, 5.41) is 5.29. The van der Waals surface area contributed by atoms with E-state index < -0.39 is 6.04 Å². The molecule has 2 aliphatic rings. The van der Waals surface area contributed by atoms with E-state index in [-0.39, 0.29) is 37.4 Å². The van der Waals surface area contributed by atoms with Gasteiger partial charge >= 0.3 is 0 Å². The number of para-hydroxylation sites is 2. The molecule has 2 aliphatic heterocycles. The molecule has 2 aromatic carbocycles. The average Bonchev–Trinajstić information content (AvgIpc) is 2.72. The third-order valence-electron chi connectivity index (χ3n) is 4.70. The van der Waals surface area contributed by atoms with E-state index >= 15 is 0 Å². The molecular weight excluding hydrogens is 362 g/mol. The molecule has 0 saturated heterocycles. The van der Waals surface area contributed by atoms with Crippen LogP contribution in [0, 0.1) is 0 Å². The molecule has 3 amide bonds. The lowest BCUT2D eigenvalue weighted by molar-refractivity contribution is -0.121. The zero-order valence-electron chi connectivity index (χ0n) is 15.2. The summed E-state index contributed by atoms with van der Waals surface area (Å²) in [6.45, 7) is 0.159. The first-order valence-corrected chi connectivity index (χ1v) is 8.89. The van der Waals surface area contributed by atoms with Gasteiger partial charge in [0.25, 0.3) is 11.8 Å². The van der Waals surface area contributed by atoms with Gasteiger partial charge in [0.05, 0.1) is 23.8 Å². The standard InChI is InChI=1S/C20H19N3O5/c1-21-18(24)9-13-10-27-17-5-3-2-4-15(17)23(13)20(26)12-6-7-16-14(8-12)22-19(25)11-28-16/h2-8,13H,9-11H2,1H3,(H,21,24)(H,22,25)/t13-/m1/s1. The van der Waals surface area contributed by atoms with Gasteiger partial charge in [-0.3, -0.25) is 19.3 Å². The number of nitrogens with zero attached hydrogens (tertiary/aromatic N) is 1. The summed E-state index contributed by atoms with van der Waals surface area (Å²) < 4.78 is 11.1. The van der Waals surface area contributed by atoms with Crippen LogP contribution >= 0.6 is 0 Å². The number of hydrogen-bond donors (Lipinski definition) is 2. The Balaban J connectivity index is 1.71. The number of hydrogen-bond acceptors (Lipinski definition) is 5. The third kappa shape index (κ3) is 3.24. The van der Waals surface area contributed by atoms with Crippen molar-refractivity contribution in [1.29, 1.82) is 0 Å². The van der Waals surface area contributed by atoms with Gasteiger partial charge in [-0.1, -0.05) is 12.1 Å². The fourth-order valence-corrected chi connectivity index (χ4v) is 3.33. The monoisotopic (exact) mass is 381 g/mol. The maximum absolute atomic E-state index is 13.4. The van der Waals surface area contributed by atoms with E-state index in [9.17, 15) is 14.4 Å². The number of rotatable bonds is 3. The number of carbonyl (C=O) groups excluding carboxylic acids is 3. The molecule has 0 aromatic heterocycles. The Labute approximate surface area is 161 Å². The molecule has 0 fully saturated rings. The number of nitrogens with one attached hydrogen (secondary N) is 2. The Morgan fingerprint density at radius 1 is 1.18 bits per heavy atom. The predicted molar refractivity (Wildman–Crippen MR) is 102 cm³/mol. The maximum Gasteiger partial charge on any atom is 0.262 e. The second kappa shape index (κ2) is 7.22. The van der Waals surface area contributed by atoms with E-state index in [2.05, 4.69) is 10.6 Å². The van der Waals surface area contributed by atoms with Gasteiger partial charge in [-0.05, 0) is 30.3 Å². The molecule has 2 heterocycles. The largest absolute Gasteiger partial charge is 0.489 e. The quantitative estimate of drug-likeness (QED) is 0.841. The molecule has 2 N–H and O–H groups in total. The number of ether oxygens (including phenoxy) is 2. The van der Waals surface area contributed by atoms with Crippen molar-refractivity contribution in [1.82, 2.24) is 5.32 Å². The van der Waals surface area contributed by atoms with Gasteiger partial charge < -0.3 is 20.1 Å². The zero-order chi connectivity index (χ0) is 19.7. The van der Waals surface area contributed by atoms with Crippen molar-refractivity contribution >= 4 is 29.1 Å². The Kier molecular flexibility index (Phi) is 4.60. The van der Waals surface area contributed by atoms with Crippen molar-refractivity contribution in [3.63, 3.8) is 0 Å². The fraction of sp³-hybridized carbons (Fsp3) is 0.250. The van der Waals surface area contributed by atoms with Crippen molar-refractivity contribution < 1.29 is 23.9 Å². The van der Waals surface area contributed by atoms with E-state index in [4.69, 9.17) is 9.47 Å². The molecule has 0 bridgehead atoms. The SMILES string of the molecule is CNC(=O)C[C@@H]1COc2ccccc2N1C(=O)c1ccc2c(c1)NC(=O)CO2. The normalized spacial score (nSPS) is 17.4. The van der Waals surface area contributed by atoms with Crippen LogP contribution in [0.5, 0.6) is 11.5 Å². The highest BCUT2D eigenvalue weighted by Gasteiger charge is 2.34. The van der Waals surface area contributed by atoms with Crippen LogP contribution in [-0.2, 0) is 9.59 Å². The molecule has 0 saturated carbocycles. The third-order valence-corrected chi connectivity index (χ3v) is 4.70. The van der Waals surface area contributed by atoms with E-state index in [1.165, 1.54) is 0 Å². The lowest BCUT2D eigenvalue weighted by atomic mass is 10.0. The zero-order valence-corrected chi connectivity index (χ0v) is 15.2. The van der Waals surface area contributed by atoms with Crippen LogP contribution in [0.2, 0.25) is 0 Å². The van der Waals surface area contributed by atoms with E-state index in [0.717, 1.165) is 0 Å². The molecule has 0 unspecified atom stereocenters. The molecule has 2 aromatic rings. The molecule has 4 rings (SSSR count). The van der Waals surface area contributed by atoms with E-state index in [0.29, 0.717) is 28.4 Å². The van der Waals surface area contributed by atoms with Gasteiger partial charge in [0.1, 0.15) is 18.1 Å². The van der Waals surface area contributed by atoms with Gasteiger partial charge in [0.15, 0.2) is 6.61 Å². The molecule has 144 valence electrons. The minimum atomic E-state index is -0.454. The van der Waals surface area contributed by atoms with Crippen LogP contribution in [0.1, 0.15) is 16.8 Å². The van der Waals surface area contributed by atoms with Crippen LogP contribution in [0.3, 0.4) is 0 Å². The summed E-state index contributed by atoms with van der Waals surface area (Å²) in [7, 11) is 1.55. The smallest absolute Gasteiger partial charge is 0.262 e. The molecule has 0 aliphatic carbocycles. The lowest BCUT2D eigenvalue weighted by Crippen LogP contribution is -2.48. The number of anilines is 2. The predicted octanol–water partition coefficient (Wildman–Crippen LogP) is 1.56. The summed E-state index contributed by atoms with van der Waals surface area (Å²) >= 11 is 0. The van der Waals surface area contributed by atoms with Crippen LogP contribution in [-0.4, -0.2) is 44.0 Å². The van der Waals surface area contributed by atoms with Crippen LogP contribution < -0.4 is 25.0 Å².